The first-order valence-electron chi connectivity index (χ1n) is 5.05. The summed E-state index contributed by atoms with van der Waals surface area (Å²) in [6.07, 6.45) is -1.32. The summed E-state index contributed by atoms with van der Waals surface area (Å²) < 4.78 is 24.3. The second-order valence-corrected chi connectivity index (χ2v) is 4.91. The molecule has 0 aromatic heterocycles. The molecule has 0 aliphatic rings. The van der Waals surface area contributed by atoms with Crippen LogP contribution >= 0.6 is 7.82 Å². The Morgan fingerprint density at radius 1 is 1.26 bits per heavy atom. The third kappa shape index (κ3) is 9.54. The van der Waals surface area contributed by atoms with E-state index >= 15 is 0 Å². The van der Waals surface area contributed by atoms with Crippen LogP contribution in [-0.4, -0.2) is 59.0 Å². The van der Waals surface area contributed by atoms with Gasteiger partial charge in [-0.1, -0.05) is 0 Å². The molecule has 5 N–H and O–H groups in total. The summed E-state index contributed by atoms with van der Waals surface area (Å²) in [5.41, 5.74) is 5.04. The van der Waals surface area contributed by atoms with Crippen LogP contribution in [0, 0.1) is 0 Å². The van der Waals surface area contributed by atoms with Gasteiger partial charge in [-0.15, -0.1) is 0 Å². The van der Waals surface area contributed by atoms with E-state index in [2.05, 4.69) is 13.8 Å². The molecular weight excluding hydrogens is 285 g/mol. The molecule has 10 nitrogen and oxygen atoms in total. The fourth-order valence-electron chi connectivity index (χ4n) is 0.725. The van der Waals surface area contributed by atoms with Gasteiger partial charge >= 0.3 is 19.8 Å². The Hall–Kier alpha value is -1.03. The van der Waals surface area contributed by atoms with E-state index in [1.165, 1.54) is 0 Å². The number of aliphatic hydroxyl groups excluding tert-OH is 1. The van der Waals surface area contributed by atoms with Crippen molar-refractivity contribution in [1.82, 2.24) is 0 Å². The van der Waals surface area contributed by atoms with Gasteiger partial charge in [0.25, 0.3) is 0 Å². The Balaban J connectivity index is 3.99. The lowest BCUT2D eigenvalue weighted by atomic mass is 10.3. The van der Waals surface area contributed by atoms with Crippen LogP contribution in [0.15, 0.2) is 0 Å². The average molecular weight is 301 g/mol. The molecule has 3 atom stereocenters. The first kappa shape index (κ1) is 18.0. The summed E-state index contributed by atoms with van der Waals surface area (Å²) in [5.74, 6) is -2.04. The number of carboxylic acid groups (broad SMARTS) is 1. The Bertz CT molecular complexity index is 360. The van der Waals surface area contributed by atoms with Crippen LogP contribution < -0.4 is 5.73 Å². The van der Waals surface area contributed by atoms with Crippen LogP contribution in [0.25, 0.3) is 0 Å². The first-order valence-corrected chi connectivity index (χ1v) is 6.55. The van der Waals surface area contributed by atoms with E-state index in [-0.39, 0.29) is 0 Å². The molecule has 0 aliphatic heterocycles. The first-order chi connectivity index (χ1) is 8.64. The van der Waals surface area contributed by atoms with Crippen LogP contribution in [0.5, 0.6) is 0 Å². The van der Waals surface area contributed by atoms with Crippen LogP contribution in [0.2, 0.25) is 0 Å². The topological polar surface area (TPSA) is 166 Å². The van der Waals surface area contributed by atoms with Crippen LogP contribution in [0.1, 0.15) is 6.92 Å². The SMILES string of the molecule is CC(=O)OC[C@@H](O)COP(=O)(O)OC[C@H](N)C(=O)O. The summed E-state index contributed by atoms with van der Waals surface area (Å²) in [5, 5.41) is 17.6. The lowest BCUT2D eigenvalue weighted by Crippen LogP contribution is -2.34. The van der Waals surface area contributed by atoms with Crippen molar-refractivity contribution in [3.8, 4) is 0 Å². The summed E-state index contributed by atoms with van der Waals surface area (Å²) in [4.78, 5) is 29.9. The van der Waals surface area contributed by atoms with Crippen molar-refractivity contribution in [2.24, 2.45) is 5.73 Å². The van der Waals surface area contributed by atoms with Crippen molar-refractivity contribution >= 4 is 19.8 Å². The van der Waals surface area contributed by atoms with Crippen molar-refractivity contribution in [3.05, 3.63) is 0 Å². The number of hydrogen-bond donors (Lipinski definition) is 4. The van der Waals surface area contributed by atoms with E-state index in [9.17, 15) is 19.3 Å². The fraction of sp³-hybridized carbons (Fsp3) is 0.750. The van der Waals surface area contributed by atoms with E-state index in [1.807, 2.05) is 0 Å². The summed E-state index contributed by atoms with van der Waals surface area (Å²) in [6, 6.07) is -1.48. The fourth-order valence-corrected chi connectivity index (χ4v) is 1.51. The zero-order valence-electron chi connectivity index (χ0n) is 10.1. The minimum atomic E-state index is -4.53. The van der Waals surface area contributed by atoms with Crippen LogP contribution in [-0.2, 0) is 27.9 Å². The third-order valence-corrected chi connectivity index (χ3v) is 2.59. The molecule has 0 amide bonds. The van der Waals surface area contributed by atoms with Gasteiger partial charge in [0.1, 0.15) is 18.8 Å². The maximum Gasteiger partial charge on any atom is 0.472 e. The number of carboxylic acids is 1. The Labute approximate surface area is 108 Å². The predicted molar refractivity (Wildman–Crippen MR) is 60.0 cm³/mol. The van der Waals surface area contributed by atoms with Gasteiger partial charge in [0.05, 0.1) is 13.2 Å². The van der Waals surface area contributed by atoms with E-state index in [1.54, 1.807) is 0 Å². The molecule has 0 aromatic carbocycles. The standard InChI is InChI=1S/C8H16NO9P/c1-5(10)16-2-6(11)3-17-19(14,15)18-4-7(9)8(12)13/h6-7,11H,2-4,9H2,1H3,(H,12,13)(H,14,15)/t6-,7+/m1/s1. The molecule has 0 heterocycles. The highest BCUT2D eigenvalue weighted by Crippen LogP contribution is 2.43. The molecule has 0 fully saturated rings. The predicted octanol–water partition coefficient (Wildman–Crippen LogP) is -1.54. The maximum atomic E-state index is 11.2. The quantitative estimate of drug-likeness (QED) is 0.289. The number of phosphoric acid groups is 1. The second-order valence-electron chi connectivity index (χ2n) is 3.46. The molecule has 0 radical (unpaired) electrons. The minimum Gasteiger partial charge on any atom is -0.480 e. The maximum absolute atomic E-state index is 11.2. The van der Waals surface area contributed by atoms with Gasteiger partial charge in [0.15, 0.2) is 0 Å². The highest BCUT2D eigenvalue weighted by Gasteiger charge is 2.25. The van der Waals surface area contributed by atoms with Gasteiger partial charge in [0.2, 0.25) is 0 Å². The minimum absolute atomic E-state index is 0.413. The van der Waals surface area contributed by atoms with Crippen molar-refractivity contribution in [2.45, 2.75) is 19.1 Å². The van der Waals surface area contributed by atoms with Crippen molar-refractivity contribution in [1.29, 1.82) is 0 Å². The van der Waals surface area contributed by atoms with E-state index in [0.29, 0.717) is 0 Å². The van der Waals surface area contributed by atoms with Gasteiger partial charge in [-0.05, 0) is 0 Å². The van der Waals surface area contributed by atoms with Crippen molar-refractivity contribution in [3.63, 3.8) is 0 Å². The van der Waals surface area contributed by atoms with E-state index < -0.39 is 51.7 Å². The summed E-state index contributed by atoms with van der Waals surface area (Å²) >= 11 is 0. The Morgan fingerprint density at radius 3 is 2.26 bits per heavy atom. The number of carbonyl (C=O) groups excluding carboxylic acids is 1. The number of aliphatic carboxylic acids is 1. The van der Waals surface area contributed by atoms with Gasteiger partial charge in [-0.2, -0.15) is 0 Å². The highest BCUT2D eigenvalue weighted by atomic mass is 31.2. The summed E-state index contributed by atoms with van der Waals surface area (Å²) in [7, 11) is -4.53. The lowest BCUT2D eigenvalue weighted by molar-refractivity contribution is -0.144. The van der Waals surface area contributed by atoms with Crippen LogP contribution in [0.3, 0.4) is 0 Å². The number of ether oxygens (including phenoxy) is 1. The zero-order chi connectivity index (χ0) is 15.1. The molecule has 0 aliphatic carbocycles. The third-order valence-electron chi connectivity index (χ3n) is 1.64. The molecule has 0 saturated heterocycles. The molecule has 11 heteroatoms. The molecule has 0 aromatic rings. The Kier molecular flexibility index (Phi) is 7.76. The molecular formula is C8H16NO9P. The molecule has 0 bridgehead atoms. The smallest absolute Gasteiger partial charge is 0.472 e. The zero-order valence-corrected chi connectivity index (χ0v) is 11.0. The van der Waals surface area contributed by atoms with E-state index in [4.69, 9.17) is 15.7 Å². The van der Waals surface area contributed by atoms with Gasteiger partial charge in [-0.3, -0.25) is 18.6 Å². The Morgan fingerprint density at radius 2 is 1.79 bits per heavy atom. The second kappa shape index (κ2) is 8.20. The average Bonchev–Trinajstić information content (AvgIpc) is 2.30. The number of aliphatic hydroxyl groups is 1. The monoisotopic (exact) mass is 301 g/mol. The number of carbonyl (C=O) groups is 2. The number of rotatable bonds is 9. The molecule has 1 unspecified atom stereocenters. The molecule has 0 rings (SSSR count). The number of phosphoric ester groups is 1. The van der Waals surface area contributed by atoms with Crippen LogP contribution in [0.4, 0.5) is 0 Å². The molecule has 0 spiro atoms. The molecule has 19 heavy (non-hydrogen) atoms. The highest BCUT2D eigenvalue weighted by molar-refractivity contribution is 7.47. The normalized spacial score (nSPS) is 17.3. The lowest BCUT2D eigenvalue weighted by Gasteiger charge is -2.16. The van der Waals surface area contributed by atoms with Crippen molar-refractivity contribution < 1.29 is 43.0 Å². The number of esters is 1. The number of nitrogens with two attached hydrogens (primary N) is 1. The van der Waals surface area contributed by atoms with E-state index in [0.717, 1.165) is 6.92 Å². The largest absolute Gasteiger partial charge is 0.480 e. The molecule has 112 valence electrons. The van der Waals surface area contributed by atoms with Gasteiger partial charge < -0.3 is 25.6 Å². The van der Waals surface area contributed by atoms with Gasteiger partial charge in [0, 0.05) is 6.92 Å². The molecule has 0 saturated carbocycles. The number of hydrogen-bond acceptors (Lipinski definition) is 8. The van der Waals surface area contributed by atoms with Crippen molar-refractivity contribution in [2.75, 3.05) is 19.8 Å². The summed E-state index contributed by atoms with van der Waals surface area (Å²) in [6.45, 7) is -0.655. The van der Waals surface area contributed by atoms with Gasteiger partial charge in [-0.25, -0.2) is 4.57 Å².